The standard InChI is InChI=1S/C27H32N4O4/c1-34-23-13-11-21(12-14-23)27-29-25(35-30-27)8-5-9-26(33)31-18-16-22(17-19-31)28-24(32)15-10-20-6-3-2-4-7-20/h2-4,6-7,11-14,22H,5,8-10,15-19H2,1H3,(H,28,32). The van der Waals surface area contributed by atoms with Gasteiger partial charge < -0.3 is 19.5 Å². The fourth-order valence-corrected chi connectivity index (χ4v) is 4.24. The molecule has 1 aliphatic rings. The van der Waals surface area contributed by atoms with Gasteiger partial charge >= 0.3 is 0 Å². The van der Waals surface area contributed by atoms with Crippen LogP contribution in [0.2, 0.25) is 0 Å². The SMILES string of the molecule is COc1ccc(-c2noc(CCCC(=O)N3CCC(NC(=O)CCc4ccccc4)CC3)n2)cc1. The molecule has 8 nitrogen and oxygen atoms in total. The lowest BCUT2D eigenvalue weighted by atomic mass is 10.0. The van der Waals surface area contributed by atoms with Crippen LogP contribution in [0.1, 0.15) is 43.6 Å². The van der Waals surface area contributed by atoms with E-state index in [4.69, 9.17) is 9.26 Å². The van der Waals surface area contributed by atoms with Crippen molar-refractivity contribution in [3.05, 3.63) is 66.1 Å². The Bertz CT molecular complexity index is 1090. The van der Waals surface area contributed by atoms with Crippen molar-refractivity contribution in [1.82, 2.24) is 20.4 Å². The third kappa shape index (κ3) is 7.15. The lowest BCUT2D eigenvalue weighted by molar-refractivity contribution is -0.132. The summed E-state index contributed by atoms with van der Waals surface area (Å²) in [7, 11) is 1.62. The molecule has 2 amide bonds. The van der Waals surface area contributed by atoms with E-state index in [-0.39, 0.29) is 17.9 Å². The summed E-state index contributed by atoms with van der Waals surface area (Å²) in [6, 6.07) is 17.6. The summed E-state index contributed by atoms with van der Waals surface area (Å²) in [5.74, 6) is 2.04. The van der Waals surface area contributed by atoms with Gasteiger partial charge in [0.2, 0.25) is 23.5 Å². The first-order valence-corrected chi connectivity index (χ1v) is 12.2. The van der Waals surface area contributed by atoms with Gasteiger partial charge in [-0.2, -0.15) is 4.98 Å². The average molecular weight is 477 g/mol. The van der Waals surface area contributed by atoms with E-state index in [2.05, 4.69) is 15.5 Å². The van der Waals surface area contributed by atoms with Gasteiger partial charge in [0.05, 0.1) is 7.11 Å². The quantitative estimate of drug-likeness (QED) is 0.478. The minimum atomic E-state index is 0.0761. The number of amides is 2. The summed E-state index contributed by atoms with van der Waals surface area (Å²) in [4.78, 5) is 31.2. The van der Waals surface area contributed by atoms with Crippen molar-refractivity contribution >= 4 is 11.8 Å². The number of carbonyl (C=O) groups excluding carboxylic acids is 2. The van der Waals surface area contributed by atoms with E-state index >= 15 is 0 Å². The van der Waals surface area contributed by atoms with E-state index < -0.39 is 0 Å². The molecule has 2 aromatic carbocycles. The molecular weight excluding hydrogens is 444 g/mol. The van der Waals surface area contributed by atoms with E-state index in [0.29, 0.717) is 50.5 Å². The zero-order valence-electron chi connectivity index (χ0n) is 20.1. The number of rotatable bonds is 10. The number of carbonyl (C=O) groups is 2. The highest BCUT2D eigenvalue weighted by atomic mass is 16.5. The molecule has 4 rings (SSSR count). The lowest BCUT2D eigenvalue weighted by Gasteiger charge is -2.32. The number of aromatic nitrogens is 2. The summed E-state index contributed by atoms with van der Waals surface area (Å²) in [6.07, 6.45) is 4.45. The van der Waals surface area contributed by atoms with Gasteiger partial charge in [-0.15, -0.1) is 0 Å². The van der Waals surface area contributed by atoms with Gasteiger partial charge in [0.25, 0.3) is 0 Å². The van der Waals surface area contributed by atoms with Crippen molar-refractivity contribution in [2.75, 3.05) is 20.2 Å². The molecule has 0 aliphatic carbocycles. The number of benzene rings is 2. The van der Waals surface area contributed by atoms with E-state index in [0.717, 1.165) is 30.6 Å². The van der Waals surface area contributed by atoms with Crippen LogP contribution in [0.5, 0.6) is 5.75 Å². The first-order valence-electron chi connectivity index (χ1n) is 12.2. The molecule has 8 heteroatoms. The molecular formula is C27H32N4O4. The maximum absolute atomic E-state index is 12.6. The Morgan fingerprint density at radius 1 is 1.03 bits per heavy atom. The monoisotopic (exact) mass is 476 g/mol. The third-order valence-electron chi connectivity index (χ3n) is 6.29. The van der Waals surface area contributed by atoms with Gasteiger partial charge in [-0.1, -0.05) is 35.5 Å². The minimum Gasteiger partial charge on any atom is -0.497 e. The average Bonchev–Trinajstić information content (AvgIpc) is 3.37. The van der Waals surface area contributed by atoms with E-state index in [1.807, 2.05) is 59.5 Å². The Balaban J connectivity index is 1.13. The predicted octanol–water partition coefficient (Wildman–Crippen LogP) is 3.81. The molecule has 1 saturated heterocycles. The van der Waals surface area contributed by atoms with E-state index in [1.54, 1.807) is 7.11 Å². The first kappa shape index (κ1) is 24.4. The summed E-state index contributed by atoms with van der Waals surface area (Å²) >= 11 is 0. The number of hydrogen-bond donors (Lipinski definition) is 1. The van der Waals surface area contributed by atoms with Gasteiger partial charge in [-0.25, -0.2) is 0 Å². The van der Waals surface area contributed by atoms with Crippen LogP contribution < -0.4 is 10.1 Å². The van der Waals surface area contributed by atoms with Gasteiger partial charge in [0, 0.05) is 44.0 Å². The van der Waals surface area contributed by atoms with Gasteiger partial charge in [-0.05, 0) is 55.5 Å². The van der Waals surface area contributed by atoms with Crippen molar-refractivity contribution < 1.29 is 18.8 Å². The number of methoxy groups -OCH3 is 1. The zero-order chi connectivity index (χ0) is 24.5. The molecule has 0 saturated carbocycles. The molecule has 0 bridgehead atoms. The van der Waals surface area contributed by atoms with Gasteiger partial charge in [-0.3, -0.25) is 9.59 Å². The number of nitrogens with zero attached hydrogens (tertiary/aromatic N) is 3. The molecule has 3 aromatic rings. The van der Waals surface area contributed by atoms with Crippen LogP contribution in [0.4, 0.5) is 0 Å². The van der Waals surface area contributed by atoms with Crippen LogP contribution in [-0.4, -0.2) is 53.1 Å². The molecule has 35 heavy (non-hydrogen) atoms. The first-order chi connectivity index (χ1) is 17.1. The van der Waals surface area contributed by atoms with Crippen molar-refractivity contribution in [2.24, 2.45) is 0 Å². The molecule has 184 valence electrons. The maximum Gasteiger partial charge on any atom is 0.226 e. The van der Waals surface area contributed by atoms with Crippen LogP contribution in [0.3, 0.4) is 0 Å². The van der Waals surface area contributed by atoms with Crippen LogP contribution in [-0.2, 0) is 22.4 Å². The number of piperidine rings is 1. The minimum absolute atomic E-state index is 0.0761. The highest BCUT2D eigenvalue weighted by molar-refractivity contribution is 5.77. The summed E-state index contributed by atoms with van der Waals surface area (Å²) in [6.45, 7) is 1.34. The Hall–Kier alpha value is -3.68. The molecule has 1 N–H and O–H groups in total. The van der Waals surface area contributed by atoms with Crippen LogP contribution >= 0.6 is 0 Å². The fourth-order valence-electron chi connectivity index (χ4n) is 4.24. The van der Waals surface area contributed by atoms with Gasteiger partial charge in [0.15, 0.2) is 0 Å². The Morgan fingerprint density at radius 3 is 2.49 bits per heavy atom. The number of hydrogen-bond acceptors (Lipinski definition) is 6. The Morgan fingerprint density at radius 2 is 1.77 bits per heavy atom. The maximum atomic E-state index is 12.6. The highest BCUT2D eigenvalue weighted by Crippen LogP contribution is 2.20. The number of aryl methyl sites for hydroxylation is 2. The fraction of sp³-hybridized carbons (Fsp3) is 0.407. The lowest BCUT2D eigenvalue weighted by Crippen LogP contribution is -2.46. The molecule has 0 spiro atoms. The second-order valence-corrected chi connectivity index (χ2v) is 8.80. The predicted molar refractivity (Wildman–Crippen MR) is 132 cm³/mol. The molecule has 2 heterocycles. The van der Waals surface area contributed by atoms with Crippen LogP contribution in [0, 0.1) is 0 Å². The molecule has 0 atom stereocenters. The second-order valence-electron chi connectivity index (χ2n) is 8.80. The summed E-state index contributed by atoms with van der Waals surface area (Å²) in [5, 5.41) is 7.16. The van der Waals surface area contributed by atoms with Crippen molar-refractivity contribution in [2.45, 2.75) is 51.0 Å². The Kier molecular flexibility index (Phi) is 8.48. The summed E-state index contributed by atoms with van der Waals surface area (Å²) < 4.78 is 10.5. The van der Waals surface area contributed by atoms with Crippen molar-refractivity contribution in [3.8, 4) is 17.1 Å². The van der Waals surface area contributed by atoms with Crippen LogP contribution in [0.25, 0.3) is 11.4 Å². The molecule has 1 aliphatic heterocycles. The Labute approximate surface area is 205 Å². The van der Waals surface area contributed by atoms with Gasteiger partial charge in [0.1, 0.15) is 5.75 Å². The molecule has 1 aromatic heterocycles. The van der Waals surface area contributed by atoms with Crippen molar-refractivity contribution in [3.63, 3.8) is 0 Å². The third-order valence-corrected chi connectivity index (χ3v) is 6.29. The molecule has 1 fully saturated rings. The topological polar surface area (TPSA) is 97.6 Å². The highest BCUT2D eigenvalue weighted by Gasteiger charge is 2.23. The summed E-state index contributed by atoms with van der Waals surface area (Å²) in [5.41, 5.74) is 2.02. The number of nitrogens with one attached hydrogen (secondary N) is 1. The molecule has 0 radical (unpaired) electrons. The zero-order valence-corrected chi connectivity index (χ0v) is 20.1. The van der Waals surface area contributed by atoms with E-state index in [1.165, 1.54) is 5.56 Å². The molecule has 0 unspecified atom stereocenters. The van der Waals surface area contributed by atoms with Crippen LogP contribution in [0.15, 0.2) is 59.1 Å². The number of likely N-dealkylation sites (tertiary alicyclic amines) is 1. The second kappa shape index (κ2) is 12.1. The largest absolute Gasteiger partial charge is 0.497 e. The van der Waals surface area contributed by atoms with E-state index in [9.17, 15) is 9.59 Å². The normalized spacial score (nSPS) is 14.0. The number of ether oxygens (including phenoxy) is 1. The van der Waals surface area contributed by atoms with Crippen molar-refractivity contribution in [1.29, 1.82) is 0 Å². The smallest absolute Gasteiger partial charge is 0.226 e.